The molecule has 1 aromatic heterocycles. The molecule has 0 amide bonds. The van der Waals surface area contributed by atoms with Gasteiger partial charge in [0.15, 0.2) is 0 Å². The molecule has 0 atom stereocenters. The molecule has 70 valence electrons. The Labute approximate surface area is 80.2 Å². The van der Waals surface area contributed by atoms with Crippen molar-refractivity contribution in [3.8, 4) is 11.8 Å². The molecule has 2 rings (SSSR count). The molecule has 3 nitrogen and oxygen atoms in total. The van der Waals surface area contributed by atoms with Crippen molar-refractivity contribution < 1.29 is 9.13 Å². The molecular weight excluding hydrogens is 183 g/mol. The third-order valence-electron chi connectivity index (χ3n) is 1.56. The van der Waals surface area contributed by atoms with Crippen molar-refractivity contribution in [1.82, 2.24) is 9.97 Å². The van der Waals surface area contributed by atoms with Crippen molar-refractivity contribution in [2.24, 2.45) is 0 Å². The van der Waals surface area contributed by atoms with E-state index in [2.05, 4.69) is 9.97 Å². The molecule has 4 heteroatoms. The first-order valence-corrected chi connectivity index (χ1v) is 4.05. The van der Waals surface area contributed by atoms with Crippen LogP contribution in [0.4, 0.5) is 4.39 Å². The molecule has 0 spiro atoms. The van der Waals surface area contributed by atoms with Crippen molar-refractivity contribution in [3.63, 3.8) is 0 Å². The molecule has 14 heavy (non-hydrogen) atoms. The van der Waals surface area contributed by atoms with Gasteiger partial charge in [0, 0.05) is 12.4 Å². The SMILES string of the molecule is Fc1ccc(Oc2ncccn2)cc1. The first kappa shape index (κ1) is 8.62. The minimum absolute atomic E-state index is 0.249. The van der Waals surface area contributed by atoms with E-state index in [1.165, 1.54) is 24.3 Å². The van der Waals surface area contributed by atoms with Crippen LogP contribution in [0.25, 0.3) is 0 Å². The van der Waals surface area contributed by atoms with Crippen molar-refractivity contribution >= 4 is 0 Å². The van der Waals surface area contributed by atoms with E-state index in [-0.39, 0.29) is 11.8 Å². The summed E-state index contributed by atoms with van der Waals surface area (Å²) in [7, 11) is 0. The molecule has 1 heterocycles. The van der Waals surface area contributed by atoms with E-state index < -0.39 is 0 Å². The number of hydrogen-bond donors (Lipinski definition) is 0. The monoisotopic (exact) mass is 190 g/mol. The van der Waals surface area contributed by atoms with Gasteiger partial charge in [-0.15, -0.1) is 0 Å². The molecule has 2 aromatic rings. The number of benzene rings is 1. The number of aromatic nitrogens is 2. The summed E-state index contributed by atoms with van der Waals surface area (Å²) >= 11 is 0. The summed E-state index contributed by atoms with van der Waals surface area (Å²) in [6.07, 6.45) is 3.15. The lowest BCUT2D eigenvalue weighted by molar-refractivity contribution is 0.440. The topological polar surface area (TPSA) is 35.0 Å². The van der Waals surface area contributed by atoms with Crippen molar-refractivity contribution in [3.05, 3.63) is 48.5 Å². The van der Waals surface area contributed by atoms with Crippen molar-refractivity contribution in [2.75, 3.05) is 0 Å². The van der Waals surface area contributed by atoms with E-state index in [0.717, 1.165) is 0 Å². The summed E-state index contributed by atoms with van der Waals surface area (Å²) in [5.74, 6) is 0.212. The highest BCUT2D eigenvalue weighted by Gasteiger charge is 1.98. The fourth-order valence-corrected chi connectivity index (χ4v) is 0.946. The van der Waals surface area contributed by atoms with E-state index in [9.17, 15) is 4.39 Å². The van der Waals surface area contributed by atoms with Crippen LogP contribution in [0.15, 0.2) is 42.7 Å². The zero-order chi connectivity index (χ0) is 9.80. The van der Waals surface area contributed by atoms with E-state index in [4.69, 9.17) is 4.74 Å². The normalized spacial score (nSPS) is 9.79. The van der Waals surface area contributed by atoms with E-state index >= 15 is 0 Å². The Hall–Kier alpha value is -1.97. The van der Waals surface area contributed by atoms with Crippen LogP contribution in [-0.2, 0) is 0 Å². The molecule has 0 radical (unpaired) electrons. The number of hydrogen-bond acceptors (Lipinski definition) is 3. The second-order valence-corrected chi connectivity index (χ2v) is 2.59. The molecule has 0 saturated carbocycles. The van der Waals surface area contributed by atoms with E-state index in [0.29, 0.717) is 5.75 Å². The summed E-state index contributed by atoms with van der Waals surface area (Å²) in [5, 5.41) is 0. The van der Waals surface area contributed by atoms with Crippen molar-refractivity contribution in [1.29, 1.82) is 0 Å². The standard InChI is InChI=1S/C10H7FN2O/c11-8-2-4-9(5-3-8)14-10-12-6-1-7-13-10/h1-7H. The number of ether oxygens (including phenoxy) is 1. The largest absolute Gasteiger partial charge is 0.424 e. The Kier molecular flexibility index (Phi) is 2.36. The van der Waals surface area contributed by atoms with Crippen LogP contribution in [-0.4, -0.2) is 9.97 Å². The lowest BCUT2D eigenvalue weighted by Crippen LogP contribution is -1.89. The minimum atomic E-state index is -0.300. The Balaban J connectivity index is 2.16. The lowest BCUT2D eigenvalue weighted by Gasteiger charge is -2.01. The van der Waals surface area contributed by atoms with Crippen LogP contribution in [0.3, 0.4) is 0 Å². The van der Waals surface area contributed by atoms with Gasteiger partial charge in [-0.3, -0.25) is 0 Å². The fourth-order valence-electron chi connectivity index (χ4n) is 0.946. The summed E-state index contributed by atoms with van der Waals surface area (Å²) in [6, 6.07) is 7.62. The van der Waals surface area contributed by atoms with Crippen LogP contribution in [0.1, 0.15) is 0 Å². The van der Waals surface area contributed by atoms with Gasteiger partial charge in [0.25, 0.3) is 0 Å². The van der Waals surface area contributed by atoms with Gasteiger partial charge in [-0.25, -0.2) is 14.4 Å². The lowest BCUT2D eigenvalue weighted by atomic mass is 10.3. The zero-order valence-electron chi connectivity index (χ0n) is 7.22. The highest BCUT2D eigenvalue weighted by atomic mass is 19.1. The molecule has 1 aromatic carbocycles. The van der Waals surface area contributed by atoms with E-state index in [1.54, 1.807) is 18.5 Å². The highest BCUT2D eigenvalue weighted by Crippen LogP contribution is 2.16. The van der Waals surface area contributed by atoms with Gasteiger partial charge < -0.3 is 4.74 Å². The van der Waals surface area contributed by atoms with Gasteiger partial charge in [-0.2, -0.15) is 0 Å². The molecule has 0 aliphatic carbocycles. The number of nitrogens with zero attached hydrogens (tertiary/aromatic N) is 2. The second-order valence-electron chi connectivity index (χ2n) is 2.59. The predicted octanol–water partition coefficient (Wildman–Crippen LogP) is 2.41. The molecule has 0 saturated heterocycles. The minimum Gasteiger partial charge on any atom is -0.424 e. The van der Waals surface area contributed by atoms with Gasteiger partial charge in [-0.1, -0.05) is 0 Å². The first-order valence-electron chi connectivity index (χ1n) is 4.05. The molecule has 0 fully saturated rings. The maximum Gasteiger partial charge on any atom is 0.321 e. The summed E-state index contributed by atoms with van der Waals surface area (Å²) in [5.41, 5.74) is 0. The maximum absolute atomic E-state index is 12.5. The maximum atomic E-state index is 12.5. The van der Waals surface area contributed by atoms with Crippen LogP contribution in [0.2, 0.25) is 0 Å². The summed E-state index contributed by atoms with van der Waals surface area (Å²) in [4.78, 5) is 7.74. The third-order valence-corrected chi connectivity index (χ3v) is 1.56. The third kappa shape index (κ3) is 2.04. The van der Waals surface area contributed by atoms with Gasteiger partial charge in [0.2, 0.25) is 0 Å². The molecule has 0 unspecified atom stereocenters. The highest BCUT2D eigenvalue weighted by molar-refractivity contribution is 5.24. The van der Waals surface area contributed by atoms with Gasteiger partial charge in [-0.05, 0) is 30.3 Å². The quantitative estimate of drug-likeness (QED) is 0.729. The molecular formula is C10H7FN2O. The average molecular weight is 190 g/mol. The van der Waals surface area contributed by atoms with Crippen LogP contribution >= 0.6 is 0 Å². The summed E-state index contributed by atoms with van der Waals surface area (Å²) < 4.78 is 17.8. The van der Waals surface area contributed by atoms with Crippen LogP contribution in [0, 0.1) is 5.82 Å². The molecule has 0 N–H and O–H groups in total. The van der Waals surface area contributed by atoms with Gasteiger partial charge in [0.05, 0.1) is 0 Å². The second kappa shape index (κ2) is 3.83. The Morgan fingerprint density at radius 1 is 1.00 bits per heavy atom. The van der Waals surface area contributed by atoms with Crippen molar-refractivity contribution in [2.45, 2.75) is 0 Å². The molecule has 0 aliphatic heterocycles. The van der Waals surface area contributed by atoms with Gasteiger partial charge in [0.1, 0.15) is 11.6 Å². The molecule has 0 aliphatic rings. The first-order chi connectivity index (χ1) is 6.84. The fraction of sp³-hybridized carbons (Fsp3) is 0. The van der Waals surface area contributed by atoms with Crippen LogP contribution in [0.5, 0.6) is 11.8 Å². The number of rotatable bonds is 2. The summed E-state index contributed by atoms with van der Waals surface area (Å²) in [6.45, 7) is 0. The number of halogens is 1. The zero-order valence-corrected chi connectivity index (χ0v) is 7.22. The smallest absolute Gasteiger partial charge is 0.321 e. The Morgan fingerprint density at radius 2 is 1.64 bits per heavy atom. The average Bonchev–Trinajstić information content (AvgIpc) is 2.23. The predicted molar refractivity (Wildman–Crippen MR) is 48.5 cm³/mol. The molecule has 0 bridgehead atoms. The Bertz CT molecular complexity index is 402. The van der Waals surface area contributed by atoms with Gasteiger partial charge >= 0.3 is 6.01 Å². The van der Waals surface area contributed by atoms with Crippen LogP contribution < -0.4 is 4.74 Å². The Morgan fingerprint density at radius 3 is 2.29 bits per heavy atom. The van der Waals surface area contributed by atoms with E-state index in [1.807, 2.05) is 0 Å².